The van der Waals surface area contributed by atoms with Crippen LogP contribution in [0.4, 0.5) is 22.0 Å². The van der Waals surface area contributed by atoms with Gasteiger partial charge in [-0.15, -0.1) is 0 Å². The van der Waals surface area contributed by atoms with Crippen LogP contribution < -0.4 is 19.9 Å². The molecule has 7 aliphatic heterocycles. The Balaban J connectivity index is 0.000000128. The fraction of sp³-hybridized carbons (Fsp3) is 0.215. The van der Waals surface area contributed by atoms with Gasteiger partial charge >= 0.3 is 0 Å². The number of halogens is 8. The van der Waals surface area contributed by atoms with Crippen molar-refractivity contribution < 1.29 is 55.3 Å². The number of hydrogen-bond acceptors (Lipinski definition) is 16. The summed E-state index contributed by atoms with van der Waals surface area (Å²) in [5, 5.41) is -0.103. The van der Waals surface area contributed by atoms with Gasteiger partial charge in [0.15, 0.2) is 23.2 Å². The van der Waals surface area contributed by atoms with Crippen molar-refractivity contribution in [2.75, 3.05) is 34.4 Å². The highest BCUT2D eigenvalue weighted by atomic mass is 79.9. The molecule has 0 bridgehead atoms. The standard InChI is InChI=1S/C26H21F2N5O3.C22H15ClF2N4O2.C17H12BrClFN3O2/c1-33-21(34)12-26(32-25(33)29)17-10-14(16-5-2-8-30-23(16)27)6-7-20(17)36-22-18(26)11-19(31-24(22)28)15-4-3-9-35-13-15;1-11-28-22(10-18(30)29(11)2)14-8-12(13-4-3-7-26-20(13)24)5-6-16(14)31-19-15(22)9-17(23)27-21(19)25;1-8-22-17(7-14(24)23(8)2)10-5-9(18)3-4-12(10)25-15-11(17)6-13(19)21-16(15)20/h2,4-8,10-11H,3,9,12-13H2,1H3,(H2,29,32);3-9H,10H2,1-2H3;3-6H,7H2,1-2H3. The van der Waals surface area contributed by atoms with Crippen molar-refractivity contribution in [1.29, 1.82) is 0 Å². The summed E-state index contributed by atoms with van der Waals surface area (Å²) in [6.07, 6.45) is 5.17. The molecule has 0 saturated carbocycles. The largest absolute Gasteiger partial charge is 0.452 e. The first-order chi connectivity index (χ1) is 44.0. The van der Waals surface area contributed by atoms with Gasteiger partial charge in [-0.3, -0.25) is 29.3 Å². The molecule has 8 aromatic rings. The molecule has 12 heterocycles. The number of carbonyl (C=O) groups excluding carboxylic acids is 3. The third kappa shape index (κ3) is 10.4. The van der Waals surface area contributed by atoms with Crippen molar-refractivity contribution in [3.63, 3.8) is 0 Å². The smallest absolute Gasteiger partial charge is 0.257 e. The average Bonchev–Trinajstić information content (AvgIpc) is 0.729. The zero-order valence-electron chi connectivity index (χ0n) is 49.1. The van der Waals surface area contributed by atoms with Crippen LogP contribution in [0.25, 0.3) is 27.8 Å². The summed E-state index contributed by atoms with van der Waals surface area (Å²) in [6.45, 7) is 4.29. The first-order valence-corrected chi connectivity index (χ1v) is 29.9. The number of aromatic nitrogens is 5. The van der Waals surface area contributed by atoms with Gasteiger partial charge in [-0.2, -0.15) is 22.0 Å². The number of nitrogens with two attached hydrogens (primary N) is 1. The fourth-order valence-electron chi connectivity index (χ4n) is 12.2. The van der Waals surface area contributed by atoms with Gasteiger partial charge in [0.1, 0.15) is 55.8 Å². The molecule has 0 fully saturated rings. The van der Waals surface area contributed by atoms with Crippen LogP contribution in [0, 0.1) is 29.7 Å². The topological polar surface area (TPSA) is 225 Å². The summed E-state index contributed by atoms with van der Waals surface area (Å²) in [6, 6.07) is 26.3. The van der Waals surface area contributed by atoms with Gasteiger partial charge in [0.05, 0.1) is 38.2 Å². The molecule has 3 amide bonds. The number of carbonyl (C=O) groups is 3. The molecule has 0 radical (unpaired) electrons. The zero-order valence-corrected chi connectivity index (χ0v) is 52.2. The third-order valence-electron chi connectivity index (χ3n) is 17.0. The fourth-order valence-corrected chi connectivity index (χ4v) is 12.9. The Bertz CT molecular complexity index is 4660. The number of amidine groups is 2. The molecule has 19 nitrogen and oxygen atoms in total. The van der Waals surface area contributed by atoms with E-state index >= 15 is 4.39 Å². The zero-order chi connectivity index (χ0) is 64.9. The van der Waals surface area contributed by atoms with E-state index in [-0.39, 0.29) is 94.0 Å². The lowest BCUT2D eigenvalue weighted by Crippen LogP contribution is -2.49. The normalized spacial score (nSPS) is 20.6. The van der Waals surface area contributed by atoms with E-state index in [0.717, 1.165) is 10.0 Å². The highest BCUT2D eigenvalue weighted by Gasteiger charge is 2.52. The molecule has 3 unspecified atom stereocenters. The molecule has 7 aliphatic rings. The van der Waals surface area contributed by atoms with E-state index in [0.29, 0.717) is 86.4 Å². The lowest BCUT2D eigenvalue weighted by Gasteiger charge is -2.41. The molecule has 466 valence electrons. The minimum atomic E-state index is -1.40. The van der Waals surface area contributed by atoms with Crippen molar-refractivity contribution in [2.24, 2.45) is 20.7 Å². The number of nitrogens with zero attached hydrogens (tertiary/aromatic N) is 11. The predicted octanol–water partition coefficient (Wildman–Crippen LogP) is 12.7. The highest BCUT2D eigenvalue weighted by molar-refractivity contribution is 9.10. The van der Waals surface area contributed by atoms with Gasteiger partial charge < -0.3 is 34.5 Å². The van der Waals surface area contributed by atoms with Gasteiger partial charge in [-0.25, -0.2) is 29.9 Å². The van der Waals surface area contributed by atoms with E-state index in [4.69, 9.17) is 62.9 Å². The quantitative estimate of drug-likeness (QED) is 0.128. The Morgan fingerprint density at radius 3 is 1.41 bits per heavy atom. The number of fused-ring (bicyclic) bond motifs is 12. The third-order valence-corrected chi connectivity index (χ3v) is 17.9. The maximum Gasteiger partial charge on any atom is 0.257 e. The Kier molecular flexibility index (Phi) is 15.5. The van der Waals surface area contributed by atoms with E-state index < -0.39 is 46.4 Å². The Morgan fingerprint density at radius 1 is 0.533 bits per heavy atom. The maximum atomic E-state index is 15.4. The number of guanidine groups is 1. The minimum Gasteiger partial charge on any atom is -0.452 e. The van der Waals surface area contributed by atoms with Gasteiger partial charge in [0.2, 0.25) is 29.6 Å². The predicted molar refractivity (Wildman–Crippen MR) is 332 cm³/mol. The minimum absolute atomic E-state index is 0.0168. The van der Waals surface area contributed by atoms with Gasteiger partial charge in [0.25, 0.3) is 17.8 Å². The second-order valence-electron chi connectivity index (χ2n) is 22.3. The lowest BCUT2D eigenvalue weighted by atomic mass is 9.76. The van der Waals surface area contributed by atoms with Crippen LogP contribution in [0.5, 0.6) is 34.5 Å². The number of amides is 3. The molecule has 3 aromatic carbocycles. The second kappa shape index (κ2) is 23.3. The molecular formula is C65H48BrCl2F5N12O7. The van der Waals surface area contributed by atoms with Crippen molar-refractivity contribution in [3.05, 3.63) is 199 Å². The van der Waals surface area contributed by atoms with Crippen molar-refractivity contribution in [1.82, 2.24) is 39.6 Å². The maximum absolute atomic E-state index is 15.4. The Hall–Kier alpha value is -9.56. The lowest BCUT2D eigenvalue weighted by molar-refractivity contribution is -0.129. The van der Waals surface area contributed by atoms with Crippen LogP contribution in [0.3, 0.4) is 0 Å². The molecule has 2 N–H and O–H groups in total. The number of aliphatic imine (C=N–C) groups is 3. The second-order valence-corrected chi connectivity index (χ2v) is 24.0. The van der Waals surface area contributed by atoms with E-state index in [1.165, 1.54) is 46.3 Å². The number of ether oxygens (including phenoxy) is 4. The van der Waals surface area contributed by atoms with Crippen LogP contribution in [-0.4, -0.2) is 109 Å². The molecule has 92 heavy (non-hydrogen) atoms. The van der Waals surface area contributed by atoms with Gasteiger partial charge in [-0.1, -0.05) is 57.3 Å². The number of benzene rings is 3. The first-order valence-electron chi connectivity index (χ1n) is 28.3. The van der Waals surface area contributed by atoms with Crippen LogP contribution in [0.1, 0.15) is 78.6 Å². The molecule has 27 heteroatoms. The summed E-state index contributed by atoms with van der Waals surface area (Å²) >= 11 is 15.5. The highest BCUT2D eigenvalue weighted by Crippen LogP contribution is 2.57. The van der Waals surface area contributed by atoms with E-state index in [9.17, 15) is 31.9 Å². The molecule has 0 saturated heterocycles. The van der Waals surface area contributed by atoms with Crippen molar-refractivity contribution in [2.45, 2.75) is 56.1 Å². The molecule has 3 atom stereocenters. The Labute approximate surface area is 539 Å². The number of hydrogen-bond donors (Lipinski definition) is 1. The number of rotatable bonds is 3. The van der Waals surface area contributed by atoms with Crippen LogP contribution in [-0.2, 0) is 35.7 Å². The summed E-state index contributed by atoms with van der Waals surface area (Å²) in [5.74, 6) is -2.81. The number of pyridine rings is 5. The van der Waals surface area contributed by atoms with E-state index in [2.05, 4.69) is 40.8 Å². The average molecular weight is 1350 g/mol. The van der Waals surface area contributed by atoms with Gasteiger partial charge in [0, 0.05) is 82.5 Å². The summed E-state index contributed by atoms with van der Waals surface area (Å²) in [5.41, 5.74) is 7.71. The molecule has 15 rings (SSSR count). The van der Waals surface area contributed by atoms with Crippen molar-refractivity contribution in [3.8, 4) is 56.8 Å². The van der Waals surface area contributed by atoms with E-state index in [1.807, 2.05) is 12.1 Å². The van der Waals surface area contributed by atoms with Crippen molar-refractivity contribution >= 4 is 80.1 Å². The van der Waals surface area contributed by atoms with E-state index in [1.54, 1.807) is 107 Å². The van der Waals surface area contributed by atoms with Crippen LogP contribution in [0.15, 0.2) is 135 Å². The first kappa shape index (κ1) is 61.3. The van der Waals surface area contributed by atoms with Crippen LogP contribution in [0.2, 0.25) is 10.3 Å². The summed E-state index contributed by atoms with van der Waals surface area (Å²) in [7, 11) is 4.81. The van der Waals surface area contributed by atoms with Gasteiger partial charge in [-0.05, 0) is 122 Å². The SMILES string of the molecule is CC1=NC2(CC(=O)N1C)c1cc(-c3cccnc3F)ccc1Oc1c2cc(Cl)nc1F.CC1=NC2(CC(=O)N1C)c1cc(Br)ccc1Oc1c2cc(Cl)nc1F.CN1C(=O)CC2(N=C1N)c1cc(-c3cccnc3F)ccc1Oc1c2cc(C2=CCCOC2)nc1F. The summed E-state index contributed by atoms with van der Waals surface area (Å²) in [4.78, 5) is 75.9. The monoisotopic (exact) mass is 1350 g/mol. The molecular weight excluding hydrogens is 1310 g/mol. The van der Waals surface area contributed by atoms with Crippen LogP contribution >= 0.6 is 39.1 Å². The molecule has 5 aromatic heterocycles. The molecule has 3 spiro atoms. The summed E-state index contributed by atoms with van der Waals surface area (Å²) < 4.78 is 97.3. The molecule has 0 aliphatic carbocycles. The Morgan fingerprint density at radius 2 is 0.967 bits per heavy atom.